The Hall–Kier alpha value is -3.18. The van der Waals surface area contributed by atoms with Crippen LogP contribution in [0.1, 0.15) is 61.4 Å². The molecule has 4 N–H and O–H groups in total. The zero-order valence-corrected chi connectivity index (χ0v) is 23.7. The Morgan fingerprint density at radius 2 is 1.80 bits per heavy atom. The van der Waals surface area contributed by atoms with E-state index in [2.05, 4.69) is 27.6 Å². The largest absolute Gasteiger partial charge is 0.384 e. The Bertz CT molecular complexity index is 1380. The number of hydrogen-bond donors (Lipinski definition) is 4. The first-order valence-electron chi connectivity index (χ1n) is 13.9. The van der Waals surface area contributed by atoms with Crippen LogP contribution < -0.4 is 20.7 Å². The lowest BCUT2D eigenvalue weighted by Gasteiger charge is -2.33. The van der Waals surface area contributed by atoms with Gasteiger partial charge in [0.2, 0.25) is 15.9 Å². The molecular formula is C29H37FN4O5S. The summed E-state index contributed by atoms with van der Waals surface area (Å²) >= 11 is 0. The topological polar surface area (TPSA) is 126 Å². The number of rotatable bonds is 7. The SMILES string of the molecule is CS(=O)(=O)Nc1cccc(C(=O)NC(C(=O)Nc2cc(F)c3c(c2)NCC32CCOCC2)[C@H]2CC[C@H](C)CC2)c1. The Labute approximate surface area is 234 Å². The molecule has 2 heterocycles. The summed E-state index contributed by atoms with van der Waals surface area (Å²) < 4.78 is 46.6. The fourth-order valence-electron chi connectivity index (χ4n) is 6.30. The molecule has 0 bridgehead atoms. The zero-order chi connectivity index (χ0) is 28.5. The molecule has 11 heteroatoms. The van der Waals surface area contributed by atoms with E-state index in [0.29, 0.717) is 42.6 Å². The van der Waals surface area contributed by atoms with E-state index in [1.807, 2.05) is 0 Å². The van der Waals surface area contributed by atoms with E-state index < -0.39 is 27.9 Å². The highest BCUT2D eigenvalue weighted by molar-refractivity contribution is 7.92. The van der Waals surface area contributed by atoms with Crippen LogP contribution in [0.3, 0.4) is 0 Å². The van der Waals surface area contributed by atoms with Crippen molar-refractivity contribution in [3.8, 4) is 0 Å². The monoisotopic (exact) mass is 572 g/mol. The second kappa shape index (κ2) is 11.4. The molecule has 2 amide bonds. The van der Waals surface area contributed by atoms with Gasteiger partial charge < -0.3 is 20.7 Å². The van der Waals surface area contributed by atoms with E-state index in [1.165, 1.54) is 12.1 Å². The fraction of sp³-hybridized carbons (Fsp3) is 0.517. The molecule has 2 aromatic rings. The van der Waals surface area contributed by atoms with Crippen molar-refractivity contribution in [2.45, 2.75) is 56.9 Å². The Morgan fingerprint density at radius 1 is 1.07 bits per heavy atom. The maximum atomic E-state index is 15.5. The molecule has 1 saturated carbocycles. The predicted molar refractivity (Wildman–Crippen MR) is 153 cm³/mol. The minimum absolute atomic E-state index is 0.0830. The normalized spacial score (nSPS) is 22.6. The molecule has 9 nitrogen and oxygen atoms in total. The van der Waals surface area contributed by atoms with Crippen LogP contribution in [-0.2, 0) is 25.0 Å². The van der Waals surface area contributed by atoms with Gasteiger partial charge in [-0.25, -0.2) is 12.8 Å². The summed E-state index contributed by atoms with van der Waals surface area (Å²) in [5, 5.41) is 9.07. The first-order chi connectivity index (χ1) is 19.0. The Morgan fingerprint density at radius 3 is 2.50 bits per heavy atom. The van der Waals surface area contributed by atoms with Gasteiger partial charge >= 0.3 is 0 Å². The molecule has 2 aliphatic heterocycles. The highest BCUT2D eigenvalue weighted by atomic mass is 32.2. The highest BCUT2D eigenvalue weighted by Gasteiger charge is 2.43. The van der Waals surface area contributed by atoms with Crippen LogP contribution in [0.25, 0.3) is 0 Å². The maximum absolute atomic E-state index is 15.5. The standard InChI is InChI=1S/C29H37FN4O5S/c1-18-6-8-19(9-7-18)26(33-27(35)20-4-3-5-21(14-20)34-40(2,37)38)28(36)32-22-15-23(30)25-24(16-22)31-17-29(25)10-12-39-13-11-29/h3-5,14-16,18-19,26,31,34H,6-13,17H2,1-2H3,(H,32,36)(H,33,35)/t18-,19-,26?. The van der Waals surface area contributed by atoms with Crippen LogP contribution in [-0.4, -0.2) is 52.3 Å². The lowest BCUT2D eigenvalue weighted by molar-refractivity contribution is -0.119. The summed E-state index contributed by atoms with van der Waals surface area (Å²) in [5.74, 6) is -0.790. The summed E-state index contributed by atoms with van der Waals surface area (Å²) in [7, 11) is -3.52. The average Bonchev–Trinajstić information content (AvgIpc) is 3.25. The number of fused-ring (bicyclic) bond motifs is 2. The molecule has 1 spiro atoms. The maximum Gasteiger partial charge on any atom is 0.252 e. The number of carbonyl (C=O) groups excluding carboxylic acids is 2. The van der Waals surface area contributed by atoms with Gasteiger partial charge in [-0.2, -0.15) is 0 Å². The molecule has 2 fully saturated rings. The zero-order valence-electron chi connectivity index (χ0n) is 22.9. The fourth-order valence-corrected chi connectivity index (χ4v) is 6.85. The highest BCUT2D eigenvalue weighted by Crippen LogP contribution is 2.46. The molecule has 216 valence electrons. The quantitative estimate of drug-likeness (QED) is 0.394. The Balaban J connectivity index is 1.36. The van der Waals surface area contributed by atoms with Crippen molar-refractivity contribution in [2.24, 2.45) is 11.8 Å². The third kappa shape index (κ3) is 6.25. The van der Waals surface area contributed by atoms with E-state index in [0.717, 1.165) is 44.8 Å². The van der Waals surface area contributed by atoms with Crippen LogP contribution in [0.4, 0.5) is 21.5 Å². The third-order valence-corrected chi connectivity index (χ3v) is 9.09. The molecule has 0 radical (unpaired) electrons. The van der Waals surface area contributed by atoms with Crippen molar-refractivity contribution in [1.29, 1.82) is 0 Å². The number of benzene rings is 2. The molecule has 2 aromatic carbocycles. The summed E-state index contributed by atoms with van der Waals surface area (Å²) in [5.41, 5.74) is 1.86. The summed E-state index contributed by atoms with van der Waals surface area (Å²) in [6.07, 6.45) is 5.96. The number of carbonyl (C=O) groups is 2. The van der Waals surface area contributed by atoms with Crippen LogP contribution in [0, 0.1) is 17.7 Å². The Kier molecular flexibility index (Phi) is 8.05. The van der Waals surface area contributed by atoms with Crippen molar-refractivity contribution in [3.05, 3.63) is 53.3 Å². The molecule has 1 aliphatic carbocycles. The number of ether oxygens (including phenoxy) is 1. The van der Waals surface area contributed by atoms with Crippen LogP contribution in [0.5, 0.6) is 0 Å². The van der Waals surface area contributed by atoms with Crippen molar-refractivity contribution in [1.82, 2.24) is 5.32 Å². The predicted octanol–water partition coefficient (Wildman–Crippen LogP) is 4.23. The number of nitrogens with one attached hydrogen (secondary N) is 4. The number of anilines is 3. The molecule has 1 saturated heterocycles. The first-order valence-corrected chi connectivity index (χ1v) is 15.8. The van der Waals surface area contributed by atoms with Gasteiger partial charge in [0.1, 0.15) is 11.9 Å². The average molecular weight is 573 g/mol. The van der Waals surface area contributed by atoms with Gasteiger partial charge in [-0.15, -0.1) is 0 Å². The van der Waals surface area contributed by atoms with Gasteiger partial charge in [0.25, 0.3) is 5.91 Å². The first kappa shape index (κ1) is 28.4. The van der Waals surface area contributed by atoms with E-state index in [9.17, 15) is 18.0 Å². The number of halogens is 1. The third-order valence-electron chi connectivity index (χ3n) is 8.48. The van der Waals surface area contributed by atoms with E-state index >= 15 is 4.39 Å². The van der Waals surface area contributed by atoms with Gasteiger partial charge in [-0.1, -0.05) is 25.8 Å². The van der Waals surface area contributed by atoms with Crippen molar-refractivity contribution in [2.75, 3.05) is 41.4 Å². The smallest absolute Gasteiger partial charge is 0.252 e. The van der Waals surface area contributed by atoms with Gasteiger partial charge in [0.05, 0.1) is 6.26 Å². The van der Waals surface area contributed by atoms with Gasteiger partial charge in [-0.05, 0) is 67.9 Å². The number of sulfonamides is 1. The lowest BCUT2D eigenvalue weighted by atomic mass is 9.75. The molecule has 1 atom stereocenters. The second-order valence-electron chi connectivity index (χ2n) is 11.5. The van der Waals surface area contributed by atoms with E-state index in [-0.39, 0.29) is 28.4 Å². The van der Waals surface area contributed by atoms with Crippen molar-refractivity contribution >= 4 is 38.9 Å². The number of hydrogen-bond acceptors (Lipinski definition) is 6. The second-order valence-corrected chi connectivity index (χ2v) is 13.3. The summed E-state index contributed by atoms with van der Waals surface area (Å²) in [6.45, 7) is 3.99. The van der Waals surface area contributed by atoms with Crippen molar-refractivity contribution < 1.29 is 27.1 Å². The van der Waals surface area contributed by atoms with Crippen LogP contribution >= 0.6 is 0 Å². The minimum Gasteiger partial charge on any atom is -0.384 e. The lowest BCUT2D eigenvalue weighted by Crippen LogP contribution is -2.49. The van der Waals surface area contributed by atoms with Gasteiger partial charge in [-0.3, -0.25) is 14.3 Å². The van der Waals surface area contributed by atoms with Gasteiger partial charge in [0, 0.05) is 53.4 Å². The molecule has 0 aromatic heterocycles. The molecule has 5 rings (SSSR count). The molecule has 40 heavy (non-hydrogen) atoms. The molecule has 3 aliphatic rings. The van der Waals surface area contributed by atoms with Crippen LogP contribution in [0.15, 0.2) is 36.4 Å². The summed E-state index contributed by atoms with van der Waals surface area (Å²) in [6, 6.07) is 8.41. The number of amides is 2. The summed E-state index contributed by atoms with van der Waals surface area (Å²) in [4.78, 5) is 26.9. The van der Waals surface area contributed by atoms with Crippen molar-refractivity contribution in [3.63, 3.8) is 0 Å². The molecule has 1 unspecified atom stereocenters. The van der Waals surface area contributed by atoms with E-state index in [4.69, 9.17) is 4.74 Å². The van der Waals surface area contributed by atoms with Crippen LogP contribution in [0.2, 0.25) is 0 Å². The minimum atomic E-state index is -3.52. The van der Waals surface area contributed by atoms with E-state index in [1.54, 1.807) is 24.3 Å². The van der Waals surface area contributed by atoms with Gasteiger partial charge in [0.15, 0.2) is 0 Å². The molecular weight excluding hydrogens is 535 g/mol.